The molecule has 0 aliphatic carbocycles. The summed E-state index contributed by atoms with van der Waals surface area (Å²) >= 11 is 0. The predicted molar refractivity (Wildman–Crippen MR) is 269 cm³/mol. The van der Waals surface area contributed by atoms with E-state index >= 15 is 0 Å². The first-order valence-electron chi connectivity index (χ1n) is 26.1. The Kier molecular flexibility index (Phi) is 28.3. The molecule has 4 aliphatic rings. The number of nitrogens with one attached hydrogen (secondary N) is 8. The SMILES string of the molecule is CC(=O)N[C@@H]1[C@@H](O)[C@H](O)[C@@H](CO)O[C@H]1NC(=O)CN(CCOCCOCCN(CC(=O)N[C@@H]1O[C@H](CO)[C@@H](O)[C@H](O)[C@H]1NC(C)=O)CC(=O)N[C@@H]1O[C@H](CO)[C@@H](O)[C@H](O)[C@H]1NC(C)=O)CC(=O)N[C@@H]1O[C@H](CO)[C@@H](O)[C@H](O)[C@H]1NC(C)=O. The molecular formula is C46H80N10O26. The number of hydrogen-bond acceptors (Lipinski definition) is 28. The summed E-state index contributed by atoms with van der Waals surface area (Å²) < 4.78 is 33.8. The average molecular weight is 1190 g/mol. The fourth-order valence-electron chi connectivity index (χ4n) is 9.31. The van der Waals surface area contributed by atoms with Gasteiger partial charge in [-0.25, -0.2) is 0 Å². The first-order chi connectivity index (χ1) is 38.7. The minimum atomic E-state index is -1.72. The van der Waals surface area contributed by atoms with E-state index in [4.69, 9.17) is 28.4 Å². The van der Waals surface area contributed by atoms with Crippen LogP contribution < -0.4 is 42.5 Å². The predicted octanol–water partition coefficient (Wildman–Crippen LogP) is -14.1. The number of aliphatic hydroxyl groups is 12. The van der Waals surface area contributed by atoms with E-state index in [0.29, 0.717) is 0 Å². The first-order valence-corrected chi connectivity index (χ1v) is 26.1. The fourth-order valence-corrected chi connectivity index (χ4v) is 9.31. The van der Waals surface area contributed by atoms with Crippen LogP contribution in [-0.2, 0) is 66.8 Å². The largest absolute Gasteiger partial charge is 0.394 e. The van der Waals surface area contributed by atoms with Gasteiger partial charge < -0.3 is 132 Å². The Hall–Kier alpha value is -5.04. The molecule has 0 aromatic carbocycles. The zero-order chi connectivity index (χ0) is 61.1. The molecule has 4 rings (SSSR count). The molecule has 4 heterocycles. The highest BCUT2D eigenvalue weighted by Crippen LogP contribution is 2.24. The van der Waals surface area contributed by atoms with Crippen molar-refractivity contribution in [3.05, 3.63) is 0 Å². The lowest BCUT2D eigenvalue weighted by molar-refractivity contribution is -0.204. The topological polar surface area (TPSA) is 537 Å². The normalized spacial score (nSPS) is 33.8. The summed E-state index contributed by atoms with van der Waals surface area (Å²) in [7, 11) is 0. The third kappa shape index (κ3) is 20.3. The van der Waals surface area contributed by atoms with Crippen LogP contribution in [0.3, 0.4) is 0 Å². The molecule has 0 bridgehead atoms. The van der Waals surface area contributed by atoms with E-state index in [1.807, 2.05) is 0 Å². The highest BCUT2D eigenvalue weighted by molar-refractivity contribution is 5.83. The van der Waals surface area contributed by atoms with E-state index < -0.39 is 222 Å². The van der Waals surface area contributed by atoms with Gasteiger partial charge >= 0.3 is 0 Å². The van der Waals surface area contributed by atoms with Crippen LogP contribution >= 0.6 is 0 Å². The lowest BCUT2D eigenvalue weighted by Crippen LogP contribution is -2.68. The molecule has 0 spiro atoms. The van der Waals surface area contributed by atoms with Gasteiger partial charge in [0.15, 0.2) is 24.9 Å². The van der Waals surface area contributed by atoms with Crippen molar-refractivity contribution in [1.82, 2.24) is 52.3 Å². The van der Waals surface area contributed by atoms with E-state index in [1.54, 1.807) is 0 Å². The molecule has 36 heteroatoms. The molecule has 4 fully saturated rings. The highest BCUT2D eigenvalue weighted by atomic mass is 16.6. The van der Waals surface area contributed by atoms with Crippen LogP contribution in [0.4, 0.5) is 0 Å². The third-order valence-electron chi connectivity index (χ3n) is 13.3. The van der Waals surface area contributed by atoms with Crippen molar-refractivity contribution < 1.29 is 128 Å². The lowest BCUT2D eigenvalue weighted by atomic mass is 9.96. The van der Waals surface area contributed by atoms with Gasteiger partial charge in [0.1, 0.15) is 97.4 Å². The van der Waals surface area contributed by atoms with Crippen molar-refractivity contribution >= 4 is 47.3 Å². The Morgan fingerprint density at radius 3 is 0.732 bits per heavy atom. The number of carbonyl (C=O) groups is 8. The van der Waals surface area contributed by atoms with Crippen molar-refractivity contribution in [2.24, 2.45) is 0 Å². The maximum Gasteiger partial charge on any atom is 0.236 e. The van der Waals surface area contributed by atoms with Crippen molar-refractivity contribution in [3.8, 4) is 0 Å². The Bertz CT molecular complexity index is 1840. The molecule has 0 unspecified atom stereocenters. The summed E-state index contributed by atoms with van der Waals surface area (Å²) in [6.07, 6.45) is -25.2. The van der Waals surface area contributed by atoms with E-state index in [-0.39, 0.29) is 39.5 Å². The first kappa shape index (κ1) is 69.5. The number of nitrogens with zero attached hydrogens (tertiary/aromatic N) is 2. The van der Waals surface area contributed by atoms with Gasteiger partial charge in [-0.1, -0.05) is 0 Å². The second-order valence-electron chi connectivity index (χ2n) is 19.9. The summed E-state index contributed by atoms with van der Waals surface area (Å²) in [4.78, 5) is 105. The molecule has 4 aliphatic heterocycles. The number of rotatable bonds is 29. The summed E-state index contributed by atoms with van der Waals surface area (Å²) in [6.45, 7) is -2.43. The van der Waals surface area contributed by atoms with Gasteiger partial charge in [-0.05, 0) is 0 Å². The summed E-state index contributed by atoms with van der Waals surface area (Å²) in [5, 5.41) is 143. The van der Waals surface area contributed by atoms with Gasteiger partial charge in [0.2, 0.25) is 47.3 Å². The number of ether oxygens (including phenoxy) is 6. The Labute approximate surface area is 469 Å². The van der Waals surface area contributed by atoms with Crippen LogP contribution in [0, 0.1) is 0 Å². The molecule has 20 atom stereocenters. The maximum atomic E-state index is 13.6. The molecule has 20 N–H and O–H groups in total. The second-order valence-corrected chi connectivity index (χ2v) is 19.9. The third-order valence-corrected chi connectivity index (χ3v) is 13.3. The van der Waals surface area contributed by atoms with Crippen LogP contribution in [0.5, 0.6) is 0 Å². The van der Waals surface area contributed by atoms with Gasteiger partial charge in [0, 0.05) is 40.8 Å². The van der Waals surface area contributed by atoms with Gasteiger partial charge in [-0.15, -0.1) is 0 Å². The standard InChI is InChI=1S/C46H80N10O26/c1-19(61)47-31-39(73)35(69)23(15-57)79-43(31)51-27(65)11-55(12-28(66)52-44-32(48-20(2)62)40(74)36(70)24(16-58)80-44)5-7-77-9-10-78-8-6-56(13-29(67)53-45-33(49-21(3)63)41(75)37(71)25(17-59)81-45)14-30(68)54-46-34(50-22(4)64)42(76)38(72)26(18-60)82-46/h23-26,31-46,57-60,69-76H,5-18H2,1-4H3,(H,47,61)(H,48,62)(H,49,63)(H,50,64)(H,51,65)(H,52,66)(H,53,67)(H,54,68)/t23-,24-,25-,26-,31-,32-,33-,34-,35-,36-,37-,38-,39-,40-,41-,42-,43-,44-,45-,46-/m1/s1. The summed E-state index contributed by atoms with van der Waals surface area (Å²) in [5.41, 5.74) is 0. The molecule has 82 heavy (non-hydrogen) atoms. The van der Waals surface area contributed by atoms with Gasteiger partial charge in [0.05, 0.1) is 79.0 Å². The van der Waals surface area contributed by atoms with Crippen molar-refractivity contribution in [2.45, 2.75) is 150 Å². The van der Waals surface area contributed by atoms with Gasteiger partial charge in [0.25, 0.3) is 0 Å². The average Bonchev–Trinajstić information content (AvgIpc) is 3.58. The van der Waals surface area contributed by atoms with Crippen LogP contribution in [0.2, 0.25) is 0 Å². The van der Waals surface area contributed by atoms with Crippen LogP contribution in [-0.4, -0.2) is 333 Å². The zero-order valence-corrected chi connectivity index (χ0v) is 45.4. The Morgan fingerprint density at radius 2 is 0.549 bits per heavy atom. The van der Waals surface area contributed by atoms with Crippen molar-refractivity contribution in [3.63, 3.8) is 0 Å². The summed E-state index contributed by atoms with van der Waals surface area (Å²) in [5.74, 6) is -6.19. The number of aliphatic hydroxyl groups excluding tert-OH is 12. The molecule has 0 aromatic rings. The number of hydrogen-bond donors (Lipinski definition) is 20. The molecule has 0 saturated carbocycles. The number of amides is 8. The molecule has 36 nitrogen and oxygen atoms in total. The van der Waals surface area contributed by atoms with E-state index in [9.17, 15) is 99.6 Å². The number of carbonyl (C=O) groups excluding carboxylic acids is 8. The highest BCUT2D eigenvalue weighted by Gasteiger charge is 2.49. The van der Waals surface area contributed by atoms with E-state index in [1.165, 1.54) is 9.80 Å². The van der Waals surface area contributed by atoms with Gasteiger partial charge in [-0.2, -0.15) is 0 Å². The zero-order valence-electron chi connectivity index (χ0n) is 45.4. The molecular weight excluding hydrogens is 1110 g/mol. The minimum Gasteiger partial charge on any atom is -0.394 e. The monoisotopic (exact) mass is 1190 g/mol. The van der Waals surface area contributed by atoms with E-state index in [2.05, 4.69) is 42.5 Å². The summed E-state index contributed by atoms with van der Waals surface area (Å²) in [6, 6.07) is -5.63. The van der Waals surface area contributed by atoms with Gasteiger partial charge in [-0.3, -0.25) is 48.2 Å². The quantitative estimate of drug-likeness (QED) is 0.0309. The van der Waals surface area contributed by atoms with Crippen LogP contribution in [0.1, 0.15) is 27.7 Å². The Balaban J connectivity index is 1.44. The molecule has 470 valence electrons. The van der Waals surface area contributed by atoms with E-state index in [0.717, 1.165) is 27.7 Å². The fraction of sp³-hybridized carbons (Fsp3) is 0.826. The molecule has 4 saturated heterocycles. The lowest BCUT2D eigenvalue weighted by Gasteiger charge is -2.43. The smallest absolute Gasteiger partial charge is 0.236 e. The van der Waals surface area contributed by atoms with Crippen LogP contribution in [0.25, 0.3) is 0 Å². The molecule has 0 radical (unpaired) electrons. The maximum absolute atomic E-state index is 13.6. The molecule has 8 amide bonds. The second kappa shape index (κ2) is 33.4. The minimum absolute atomic E-state index is 0.158. The van der Waals surface area contributed by atoms with Crippen molar-refractivity contribution in [1.29, 1.82) is 0 Å². The molecule has 0 aromatic heterocycles. The van der Waals surface area contributed by atoms with Crippen molar-refractivity contribution in [2.75, 3.05) is 92.1 Å². The van der Waals surface area contributed by atoms with Crippen LogP contribution in [0.15, 0.2) is 0 Å². The Morgan fingerprint density at radius 1 is 0.341 bits per heavy atom.